The molecule has 0 fully saturated rings. The smallest absolute Gasteiger partial charge is 0.415 e. The normalized spacial score (nSPS) is 13.4. The van der Waals surface area contributed by atoms with Crippen molar-refractivity contribution in [1.82, 2.24) is 0 Å². The highest BCUT2D eigenvalue weighted by Gasteiger charge is 2.13. The Balaban J connectivity index is 3.61. The molecular weight excluding hydrogens is 376 g/mol. The van der Waals surface area contributed by atoms with E-state index in [1.807, 2.05) is 6.08 Å². The van der Waals surface area contributed by atoms with Gasteiger partial charge in [-0.1, -0.05) is 79.3 Å². The lowest BCUT2D eigenvalue weighted by atomic mass is 10.2. The van der Waals surface area contributed by atoms with Crippen molar-refractivity contribution in [3.63, 3.8) is 0 Å². The Kier molecular flexibility index (Phi) is 18.2. The molecule has 0 aliphatic carbocycles. The van der Waals surface area contributed by atoms with Crippen LogP contribution < -0.4 is 0 Å². The summed E-state index contributed by atoms with van der Waals surface area (Å²) in [4.78, 5) is 22.4. The molecule has 0 bridgehead atoms. The van der Waals surface area contributed by atoms with Gasteiger partial charge in [-0.25, -0.2) is 4.79 Å². The van der Waals surface area contributed by atoms with E-state index in [1.165, 1.54) is 6.92 Å². The lowest BCUT2D eigenvalue weighted by Crippen LogP contribution is -2.16. The summed E-state index contributed by atoms with van der Waals surface area (Å²) >= 11 is 5.45. The summed E-state index contributed by atoms with van der Waals surface area (Å²) in [7, 11) is 0. The molecule has 0 saturated carbocycles. The van der Waals surface area contributed by atoms with Crippen LogP contribution in [0.3, 0.4) is 0 Å². The van der Waals surface area contributed by atoms with Crippen LogP contribution in [0.15, 0.2) is 60.8 Å². The van der Waals surface area contributed by atoms with Crippen LogP contribution in [0.4, 0.5) is 4.79 Å². The van der Waals surface area contributed by atoms with Gasteiger partial charge in [0.2, 0.25) is 0 Å². The average Bonchev–Trinajstić information content (AvgIpc) is 2.63. The fourth-order valence-corrected chi connectivity index (χ4v) is 2.11. The number of esters is 1. The van der Waals surface area contributed by atoms with Crippen molar-refractivity contribution in [1.29, 1.82) is 0 Å². The van der Waals surface area contributed by atoms with Crippen LogP contribution >= 0.6 is 11.6 Å². The summed E-state index contributed by atoms with van der Waals surface area (Å²) in [5.41, 5.74) is -0.818. The summed E-state index contributed by atoms with van der Waals surface area (Å²) in [6.45, 7) is 3.60. The number of hydrogen-bond acceptors (Lipinski definition) is 4. The van der Waals surface area contributed by atoms with Gasteiger partial charge < -0.3 is 9.47 Å². The number of ether oxygens (including phenoxy) is 2. The van der Waals surface area contributed by atoms with Crippen molar-refractivity contribution in [2.24, 2.45) is 0 Å². The first-order valence-corrected chi connectivity index (χ1v) is 10.3. The monoisotopic (exact) mass is 408 g/mol. The highest BCUT2D eigenvalue weighted by atomic mass is 35.5. The van der Waals surface area contributed by atoms with Gasteiger partial charge in [-0.3, -0.25) is 4.79 Å². The summed E-state index contributed by atoms with van der Waals surface area (Å²) in [5.74, 6) is -0.602. The molecule has 0 aliphatic rings. The molecule has 0 aromatic rings. The second-order valence-electron chi connectivity index (χ2n) is 5.99. The maximum absolute atomic E-state index is 11.4. The molecule has 5 heteroatoms. The quantitative estimate of drug-likeness (QED) is 0.100. The van der Waals surface area contributed by atoms with E-state index < -0.39 is 17.7 Å². The SMILES string of the molecule is CC/C=C\C/C=C\C/C=C\C/C=C\C/C=C\CCCC(=O)OC(=O)OC(C)Cl. The largest absolute Gasteiger partial charge is 0.517 e. The van der Waals surface area contributed by atoms with Gasteiger partial charge in [-0.05, 0) is 51.9 Å². The summed E-state index contributed by atoms with van der Waals surface area (Å²) in [6.07, 6.45) is 26.7. The maximum atomic E-state index is 11.4. The minimum Gasteiger partial charge on any atom is -0.415 e. The van der Waals surface area contributed by atoms with Crippen LogP contribution in [0.25, 0.3) is 0 Å². The number of allylic oxidation sites excluding steroid dienone is 10. The first kappa shape index (κ1) is 25.9. The number of hydrogen-bond donors (Lipinski definition) is 0. The zero-order chi connectivity index (χ0) is 20.9. The lowest BCUT2D eigenvalue weighted by molar-refractivity contribution is -0.140. The topological polar surface area (TPSA) is 52.6 Å². The van der Waals surface area contributed by atoms with Gasteiger partial charge in [-0.2, -0.15) is 0 Å². The van der Waals surface area contributed by atoms with Crippen molar-refractivity contribution in [3.8, 4) is 0 Å². The van der Waals surface area contributed by atoms with Crippen LogP contribution in [0.5, 0.6) is 0 Å². The van der Waals surface area contributed by atoms with E-state index in [1.54, 1.807) is 0 Å². The molecule has 0 rings (SSSR count). The van der Waals surface area contributed by atoms with E-state index in [0.717, 1.165) is 38.5 Å². The molecule has 28 heavy (non-hydrogen) atoms. The second kappa shape index (κ2) is 19.7. The number of carbonyl (C=O) groups excluding carboxylic acids is 2. The van der Waals surface area contributed by atoms with Crippen LogP contribution in [-0.2, 0) is 14.3 Å². The Morgan fingerprint density at radius 2 is 1.29 bits per heavy atom. The molecule has 0 aliphatic heterocycles. The molecule has 0 N–H and O–H groups in total. The third kappa shape index (κ3) is 20.2. The number of unbranched alkanes of at least 4 members (excludes halogenated alkanes) is 1. The summed E-state index contributed by atoms with van der Waals surface area (Å²) < 4.78 is 8.97. The van der Waals surface area contributed by atoms with Crippen LogP contribution in [0.1, 0.15) is 65.2 Å². The second-order valence-corrected chi connectivity index (χ2v) is 6.60. The molecule has 0 heterocycles. The zero-order valence-electron chi connectivity index (χ0n) is 17.0. The minimum absolute atomic E-state index is 0.167. The van der Waals surface area contributed by atoms with Crippen molar-refractivity contribution in [2.45, 2.75) is 70.8 Å². The van der Waals surface area contributed by atoms with Crippen molar-refractivity contribution < 1.29 is 19.1 Å². The number of alkyl halides is 1. The molecular formula is C23H33ClO4. The van der Waals surface area contributed by atoms with E-state index in [9.17, 15) is 9.59 Å². The summed E-state index contributed by atoms with van der Waals surface area (Å²) in [6, 6.07) is 0. The van der Waals surface area contributed by atoms with Crippen LogP contribution in [0, 0.1) is 0 Å². The fraction of sp³-hybridized carbons (Fsp3) is 0.478. The minimum atomic E-state index is -1.05. The van der Waals surface area contributed by atoms with Gasteiger partial charge >= 0.3 is 12.1 Å². The van der Waals surface area contributed by atoms with E-state index in [-0.39, 0.29) is 6.42 Å². The Morgan fingerprint density at radius 1 is 0.821 bits per heavy atom. The highest BCUT2D eigenvalue weighted by molar-refractivity contribution is 6.19. The van der Waals surface area contributed by atoms with Crippen molar-refractivity contribution in [3.05, 3.63) is 60.8 Å². The van der Waals surface area contributed by atoms with Crippen molar-refractivity contribution in [2.75, 3.05) is 0 Å². The van der Waals surface area contributed by atoms with Crippen LogP contribution in [0.2, 0.25) is 0 Å². The van der Waals surface area contributed by atoms with Gasteiger partial charge in [0.05, 0.1) is 0 Å². The lowest BCUT2D eigenvalue weighted by Gasteiger charge is -2.05. The third-order valence-corrected chi connectivity index (χ3v) is 3.45. The number of halogens is 1. The molecule has 1 unspecified atom stereocenters. The molecule has 1 atom stereocenters. The fourth-order valence-electron chi connectivity index (χ4n) is 2.03. The molecule has 4 nitrogen and oxygen atoms in total. The molecule has 156 valence electrons. The first-order chi connectivity index (χ1) is 13.6. The molecule has 0 aromatic carbocycles. The van der Waals surface area contributed by atoms with Gasteiger partial charge in [0.15, 0.2) is 5.56 Å². The van der Waals surface area contributed by atoms with Crippen LogP contribution in [-0.4, -0.2) is 17.7 Å². The standard InChI is InChI=1S/C23H33ClO4/c1-3-4-5-6-7-8-9-10-11-12-13-14-15-16-17-18-19-20-22(25)28-23(26)27-21(2)24/h4-5,7-8,10-11,13-14,16-17,21H,3,6,9,12,15,18-20H2,1-2H3/b5-4-,8-7-,11-10-,14-13-,17-16-. The number of carbonyl (C=O) groups is 2. The predicted octanol–water partition coefficient (Wildman–Crippen LogP) is 7.17. The Labute approximate surface area is 174 Å². The zero-order valence-corrected chi connectivity index (χ0v) is 17.8. The Morgan fingerprint density at radius 3 is 1.75 bits per heavy atom. The van der Waals surface area contributed by atoms with E-state index in [2.05, 4.69) is 71.1 Å². The highest BCUT2D eigenvalue weighted by Crippen LogP contribution is 2.03. The molecule has 0 saturated heterocycles. The first-order valence-electron chi connectivity index (χ1n) is 9.86. The number of rotatable bonds is 14. The Hall–Kier alpha value is -2.07. The van der Waals surface area contributed by atoms with E-state index in [0.29, 0.717) is 6.42 Å². The molecule has 0 amide bonds. The third-order valence-electron chi connectivity index (χ3n) is 3.37. The predicted molar refractivity (Wildman–Crippen MR) is 116 cm³/mol. The molecule has 0 spiro atoms. The maximum Gasteiger partial charge on any atom is 0.517 e. The average molecular weight is 409 g/mol. The Bertz CT molecular complexity index is 557. The van der Waals surface area contributed by atoms with Gasteiger partial charge in [-0.15, -0.1) is 0 Å². The molecule has 0 aromatic heterocycles. The van der Waals surface area contributed by atoms with Gasteiger partial charge in [0.1, 0.15) is 0 Å². The van der Waals surface area contributed by atoms with Gasteiger partial charge in [0, 0.05) is 6.42 Å². The van der Waals surface area contributed by atoms with E-state index >= 15 is 0 Å². The summed E-state index contributed by atoms with van der Waals surface area (Å²) in [5, 5.41) is 0. The van der Waals surface area contributed by atoms with Crippen molar-refractivity contribution >= 4 is 23.7 Å². The van der Waals surface area contributed by atoms with E-state index in [4.69, 9.17) is 11.6 Å². The molecule has 0 radical (unpaired) electrons. The van der Waals surface area contributed by atoms with Gasteiger partial charge in [0.25, 0.3) is 0 Å².